The van der Waals surface area contributed by atoms with Crippen LogP contribution < -0.4 is 10.6 Å². The van der Waals surface area contributed by atoms with Crippen LogP contribution in [0.5, 0.6) is 0 Å². The Bertz CT molecular complexity index is 371. The first-order chi connectivity index (χ1) is 12.7. The van der Waals surface area contributed by atoms with E-state index in [1.165, 1.54) is 64.2 Å². The first-order valence-corrected chi connectivity index (χ1v) is 10.7. The lowest BCUT2D eigenvalue weighted by Crippen LogP contribution is -2.47. The molecule has 0 unspecified atom stereocenters. The number of carbonyl (C=O) groups is 2. The number of nitrogens with one attached hydrogen (secondary N) is 2. The van der Waals surface area contributed by atoms with Crippen molar-refractivity contribution in [2.24, 2.45) is 0 Å². The summed E-state index contributed by atoms with van der Waals surface area (Å²) in [5.41, 5.74) is 0. The molecule has 0 spiro atoms. The average Bonchev–Trinajstić information content (AvgIpc) is 2.66. The number of piperazine rings is 1. The predicted molar refractivity (Wildman–Crippen MR) is 105 cm³/mol. The number of alkyl carbamates (subject to hydrolysis) is 1. The molecule has 1 aliphatic rings. The molecule has 1 heterocycles. The molecule has 0 aromatic carbocycles. The first kappa shape index (κ1) is 22.7. The molecule has 0 aromatic heterocycles. The second kappa shape index (κ2) is 15.9. The molecule has 2 amide bonds. The van der Waals surface area contributed by atoms with Gasteiger partial charge in [0.2, 0.25) is 0 Å². The minimum atomic E-state index is -0.628. The topological polar surface area (TPSA) is 70.7 Å². The summed E-state index contributed by atoms with van der Waals surface area (Å²) < 4.78 is 4.81. The number of nitrogens with zero attached hydrogens (tertiary/aromatic N) is 1. The lowest BCUT2D eigenvalue weighted by Gasteiger charge is -2.25. The second-order valence-electron chi connectivity index (χ2n) is 7.21. The summed E-state index contributed by atoms with van der Waals surface area (Å²) >= 11 is 0. The van der Waals surface area contributed by atoms with Crippen molar-refractivity contribution >= 4 is 12.2 Å². The number of amides is 2. The fourth-order valence-electron chi connectivity index (χ4n) is 3.18. The van der Waals surface area contributed by atoms with Crippen LogP contribution >= 0.6 is 0 Å². The van der Waals surface area contributed by atoms with E-state index in [-0.39, 0.29) is 0 Å². The van der Waals surface area contributed by atoms with Crippen molar-refractivity contribution < 1.29 is 14.3 Å². The van der Waals surface area contributed by atoms with E-state index in [0.717, 1.165) is 25.9 Å². The minimum Gasteiger partial charge on any atom is -0.359 e. The smallest absolute Gasteiger partial charge is 0.359 e. The van der Waals surface area contributed by atoms with E-state index in [1.807, 2.05) is 0 Å². The highest BCUT2D eigenvalue weighted by atomic mass is 16.6. The third-order valence-corrected chi connectivity index (χ3v) is 4.85. The van der Waals surface area contributed by atoms with Crippen LogP contribution in [-0.4, -0.2) is 49.8 Å². The zero-order chi connectivity index (χ0) is 18.9. The van der Waals surface area contributed by atoms with Crippen LogP contribution in [-0.2, 0) is 4.74 Å². The van der Waals surface area contributed by atoms with Crippen molar-refractivity contribution in [3.05, 3.63) is 0 Å². The van der Waals surface area contributed by atoms with Crippen molar-refractivity contribution in [2.45, 2.75) is 84.0 Å². The lowest BCUT2D eigenvalue weighted by molar-refractivity contribution is 0.113. The summed E-state index contributed by atoms with van der Waals surface area (Å²) in [6, 6.07) is 0. The Morgan fingerprint density at radius 2 is 1.35 bits per heavy atom. The summed E-state index contributed by atoms with van der Waals surface area (Å²) in [6.07, 6.45) is 14.3. The third kappa shape index (κ3) is 12.1. The quantitative estimate of drug-likeness (QED) is 0.372. The van der Waals surface area contributed by atoms with Gasteiger partial charge in [-0.05, 0) is 6.42 Å². The van der Waals surface area contributed by atoms with Crippen molar-refractivity contribution in [2.75, 3.05) is 32.7 Å². The highest BCUT2D eigenvalue weighted by Gasteiger charge is 2.20. The normalized spacial score (nSPS) is 14.3. The predicted octanol–water partition coefficient (Wildman–Crippen LogP) is 4.44. The summed E-state index contributed by atoms with van der Waals surface area (Å²) in [7, 11) is 0. The second-order valence-corrected chi connectivity index (χ2v) is 7.21. The Hall–Kier alpha value is -1.30. The van der Waals surface area contributed by atoms with E-state index in [1.54, 1.807) is 4.90 Å². The van der Waals surface area contributed by atoms with Gasteiger partial charge in [0.15, 0.2) is 0 Å². The molecule has 1 fully saturated rings. The van der Waals surface area contributed by atoms with Crippen LogP contribution in [0.25, 0.3) is 0 Å². The van der Waals surface area contributed by atoms with Gasteiger partial charge >= 0.3 is 12.2 Å². The molecular weight excluding hydrogens is 330 g/mol. The largest absolute Gasteiger partial charge is 0.418 e. The van der Waals surface area contributed by atoms with E-state index in [4.69, 9.17) is 4.74 Å². The van der Waals surface area contributed by atoms with Crippen molar-refractivity contribution in [3.8, 4) is 0 Å². The summed E-state index contributed by atoms with van der Waals surface area (Å²) in [5.74, 6) is 0. The zero-order valence-corrected chi connectivity index (χ0v) is 16.7. The molecule has 152 valence electrons. The van der Waals surface area contributed by atoms with Crippen LogP contribution in [0.1, 0.15) is 84.0 Å². The van der Waals surface area contributed by atoms with E-state index in [0.29, 0.717) is 19.6 Å². The molecule has 1 rings (SSSR count). The van der Waals surface area contributed by atoms with Crippen molar-refractivity contribution in [1.82, 2.24) is 15.5 Å². The van der Waals surface area contributed by atoms with Gasteiger partial charge in [0, 0.05) is 32.7 Å². The van der Waals surface area contributed by atoms with Gasteiger partial charge in [0.25, 0.3) is 0 Å². The fraction of sp³-hybridized carbons (Fsp3) is 0.900. The highest BCUT2D eigenvalue weighted by molar-refractivity contribution is 5.83. The van der Waals surface area contributed by atoms with Gasteiger partial charge in [-0.25, -0.2) is 9.59 Å². The summed E-state index contributed by atoms with van der Waals surface area (Å²) in [6.45, 7) is 5.50. The molecule has 0 bridgehead atoms. The number of unbranched alkanes of at least 4 members (excludes halogenated alkanes) is 11. The van der Waals surface area contributed by atoms with Gasteiger partial charge in [0.05, 0.1) is 0 Å². The number of rotatable bonds is 13. The maximum absolute atomic E-state index is 11.8. The van der Waals surface area contributed by atoms with Crippen LogP contribution in [0, 0.1) is 0 Å². The number of hydrogen-bond acceptors (Lipinski definition) is 4. The molecule has 1 aliphatic heterocycles. The number of ether oxygens (including phenoxy) is 1. The molecule has 0 atom stereocenters. The SMILES string of the molecule is CCCCCCCCCCCCCCNC(=O)OC(=O)N1CCNCC1. The molecule has 0 radical (unpaired) electrons. The average molecular weight is 370 g/mol. The van der Waals surface area contributed by atoms with Crippen LogP contribution in [0.3, 0.4) is 0 Å². The summed E-state index contributed by atoms with van der Waals surface area (Å²) in [5, 5.41) is 5.82. The van der Waals surface area contributed by atoms with Gasteiger partial charge in [-0.3, -0.25) is 0 Å². The maximum Gasteiger partial charge on any atom is 0.418 e. The van der Waals surface area contributed by atoms with Crippen molar-refractivity contribution in [1.29, 1.82) is 0 Å². The van der Waals surface area contributed by atoms with Crippen LogP contribution in [0.2, 0.25) is 0 Å². The van der Waals surface area contributed by atoms with Gasteiger partial charge < -0.3 is 20.3 Å². The molecule has 6 nitrogen and oxygen atoms in total. The lowest BCUT2D eigenvalue weighted by atomic mass is 10.1. The molecule has 0 saturated carbocycles. The highest BCUT2D eigenvalue weighted by Crippen LogP contribution is 2.11. The molecule has 6 heteroatoms. The van der Waals surface area contributed by atoms with Gasteiger partial charge in [-0.1, -0.05) is 77.6 Å². The molecule has 1 saturated heterocycles. The standard InChI is InChI=1S/C20H39N3O3/c1-2-3-4-5-6-7-8-9-10-11-12-13-14-22-19(24)26-20(25)23-17-15-21-16-18-23/h21H,2-18H2,1H3,(H,22,24). The van der Waals surface area contributed by atoms with Gasteiger partial charge in [-0.2, -0.15) is 0 Å². The Morgan fingerprint density at radius 1 is 0.846 bits per heavy atom. The van der Waals surface area contributed by atoms with Gasteiger partial charge in [-0.15, -0.1) is 0 Å². The molecule has 26 heavy (non-hydrogen) atoms. The third-order valence-electron chi connectivity index (χ3n) is 4.85. The van der Waals surface area contributed by atoms with E-state index in [2.05, 4.69) is 17.6 Å². The number of carbonyl (C=O) groups excluding carboxylic acids is 2. The van der Waals surface area contributed by atoms with Crippen LogP contribution in [0.4, 0.5) is 9.59 Å². The van der Waals surface area contributed by atoms with E-state index < -0.39 is 12.2 Å². The Kier molecular flexibility index (Phi) is 13.9. The molecule has 2 N–H and O–H groups in total. The Morgan fingerprint density at radius 3 is 1.88 bits per heavy atom. The maximum atomic E-state index is 11.8. The minimum absolute atomic E-state index is 0.543. The fourth-order valence-corrected chi connectivity index (χ4v) is 3.18. The molecule has 0 aliphatic carbocycles. The Labute approximate surface area is 159 Å². The Balaban J connectivity index is 1.83. The van der Waals surface area contributed by atoms with Crippen molar-refractivity contribution in [3.63, 3.8) is 0 Å². The van der Waals surface area contributed by atoms with E-state index >= 15 is 0 Å². The zero-order valence-electron chi connectivity index (χ0n) is 16.7. The van der Waals surface area contributed by atoms with Crippen LogP contribution in [0.15, 0.2) is 0 Å². The monoisotopic (exact) mass is 369 g/mol. The number of hydrogen-bond donors (Lipinski definition) is 2. The molecular formula is C20H39N3O3. The molecule has 0 aromatic rings. The van der Waals surface area contributed by atoms with Gasteiger partial charge in [0.1, 0.15) is 0 Å². The summed E-state index contributed by atoms with van der Waals surface area (Å²) in [4.78, 5) is 24.9. The first-order valence-electron chi connectivity index (χ1n) is 10.7. The van der Waals surface area contributed by atoms with E-state index in [9.17, 15) is 9.59 Å².